The van der Waals surface area contributed by atoms with Crippen LogP contribution in [0.3, 0.4) is 0 Å². The predicted octanol–water partition coefficient (Wildman–Crippen LogP) is 3.48. The summed E-state index contributed by atoms with van der Waals surface area (Å²) in [5.74, 6) is 0.249. The molecule has 1 heterocycles. The molecule has 0 radical (unpaired) electrons. The van der Waals surface area contributed by atoms with E-state index in [4.69, 9.17) is 0 Å². The van der Waals surface area contributed by atoms with Crippen LogP contribution in [0.15, 0.2) is 54.6 Å². The van der Waals surface area contributed by atoms with E-state index in [9.17, 15) is 9.90 Å². The molecule has 0 bridgehead atoms. The van der Waals surface area contributed by atoms with Crippen molar-refractivity contribution < 1.29 is 9.90 Å². The van der Waals surface area contributed by atoms with E-state index in [-0.39, 0.29) is 18.4 Å². The molecule has 150 valence electrons. The molecule has 0 saturated carbocycles. The van der Waals surface area contributed by atoms with Gasteiger partial charge in [0.25, 0.3) is 0 Å². The van der Waals surface area contributed by atoms with Crippen molar-refractivity contribution in [3.63, 3.8) is 0 Å². The second-order valence-corrected chi connectivity index (χ2v) is 7.69. The molecule has 0 aliphatic carbocycles. The van der Waals surface area contributed by atoms with Crippen LogP contribution >= 0.6 is 0 Å². The van der Waals surface area contributed by atoms with Gasteiger partial charge in [0.05, 0.1) is 6.61 Å². The molecule has 4 nitrogen and oxygen atoms in total. The molecule has 2 aromatic carbocycles. The number of carbonyl (C=O) groups is 1. The molecule has 3 rings (SSSR count). The molecule has 0 spiro atoms. The summed E-state index contributed by atoms with van der Waals surface area (Å²) in [4.78, 5) is 17.3. The number of nitrogens with zero attached hydrogens (tertiary/aromatic N) is 2. The Morgan fingerprint density at radius 3 is 2.25 bits per heavy atom. The summed E-state index contributed by atoms with van der Waals surface area (Å²) >= 11 is 0. The summed E-state index contributed by atoms with van der Waals surface area (Å²) in [6.45, 7) is 6.01. The normalized spacial score (nSPS) is 15.5. The lowest BCUT2D eigenvalue weighted by Crippen LogP contribution is -2.43. The van der Waals surface area contributed by atoms with Gasteiger partial charge in [-0.1, -0.05) is 61.5 Å². The largest absolute Gasteiger partial charge is 0.395 e. The Morgan fingerprint density at radius 2 is 1.64 bits per heavy atom. The van der Waals surface area contributed by atoms with Crippen LogP contribution in [0.4, 0.5) is 0 Å². The Hall–Kier alpha value is -2.17. The Bertz CT molecular complexity index is 722. The number of amides is 1. The van der Waals surface area contributed by atoms with Gasteiger partial charge < -0.3 is 10.0 Å². The van der Waals surface area contributed by atoms with Crippen molar-refractivity contribution >= 4 is 5.91 Å². The number of hydrogen-bond donors (Lipinski definition) is 1. The Labute approximate surface area is 168 Å². The van der Waals surface area contributed by atoms with Gasteiger partial charge in [0.1, 0.15) is 0 Å². The van der Waals surface area contributed by atoms with E-state index in [0.717, 1.165) is 44.5 Å². The second-order valence-electron chi connectivity index (χ2n) is 7.69. The topological polar surface area (TPSA) is 43.8 Å². The lowest BCUT2D eigenvalue weighted by molar-refractivity contribution is -0.138. The zero-order valence-corrected chi connectivity index (χ0v) is 16.9. The maximum Gasteiger partial charge on any atom is 0.226 e. The average Bonchev–Trinajstić information content (AvgIpc) is 2.75. The van der Waals surface area contributed by atoms with Crippen LogP contribution in [-0.2, 0) is 24.3 Å². The molecule has 1 amide bonds. The van der Waals surface area contributed by atoms with Crippen LogP contribution < -0.4 is 0 Å². The molecular formula is C24H32N2O2. The van der Waals surface area contributed by atoms with Gasteiger partial charge in [-0.25, -0.2) is 0 Å². The number of piperidine rings is 1. The van der Waals surface area contributed by atoms with E-state index < -0.39 is 0 Å². The van der Waals surface area contributed by atoms with E-state index in [0.29, 0.717) is 13.1 Å². The monoisotopic (exact) mass is 380 g/mol. The van der Waals surface area contributed by atoms with Crippen molar-refractivity contribution in [2.75, 3.05) is 26.2 Å². The molecule has 1 N–H and O–H groups in total. The Balaban J connectivity index is 1.52. The first-order valence-electron chi connectivity index (χ1n) is 10.4. The van der Waals surface area contributed by atoms with Gasteiger partial charge in [-0.15, -0.1) is 0 Å². The molecule has 0 unspecified atom stereocenters. The lowest BCUT2D eigenvalue weighted by atomic mass is 9.94. The first-order valence-corrected chi connectivity index (χ1v) is 10.4. The molecule has 0 atom stereocenters. The minimum atomic E-state index is 0.00513. The molecule has 1 fully saturated rings. The average molecular weight is 381 g/mol. The van der Waals surface area contributed by atoms with Crippen molar-refractivity contribution in [1.82, 2.24) is 9.80 Å². The Morgan fingerprint density at radius 1 is 1.00 bits per heavy atom. The zero-order chi connectivity index (χ0) is 19.8. The number of likely N-dealkylation sites (tertiary alicyclic amines) is 1. The van der Waals surface area contributed by atoms with E-state index in [1.165, 1.54) is 11.1 Å². The van der Waals surface area contributed by atoms with E-state index >= 15 is 0 Å². The van der Waals surface area contributed by atoms with Crippen molar-refractivity contribution in [2.45, 2.75) is 39.3 Å². The van der Waals surface area contributed by atoms with Gasteiger partial charge in [0.15, 0.2) is 0 Å². The van der Waals surface area contributed by atoms with Crippen LogP contribution in [0.2, 0.25) is 0 Å². The van der Waals surface area contributed by atoms with Crippen LogP contribution in [0.1, 0.15) is 36.5 Å². The highest BCUT2D eigenvalue weighted by molar-refractivity contribution is 5.79. The second kappa shape index (κ2) is 10.4. The van der Waals surface area contributed by atoms with Crippen LogP contribution in [0, 0.1) is 5.92 Å². The maximum atomic E-state index is 13.0. The fourth-order valence-corrected chi connectivity index (χ4v) is 3.93. The first-order chi connectivity index (χ1) is 13.7. The minimum absolute atomic E-state index is 0.00513. The maximum absolute atomic E-state index is 13.0. The number of carbonyl (C=O) groups excluding carboxylic acids is 1. The van der Waals surface area contributed by atoms with Gasteiger partial charge in [0.2, 0.25) is 5.91 Å². The summed E-state index contributed by atoms with van der Waals surface area (Å²) in [5, 5.41) is 9.40. The molecule has 4 heteroatoms. The van der Waals surface area contributed by atoms with Crippen molar-refractivity contribution in [2.24, 2.45) is 5.92 Å². The smallest absolute Gasteiger partial charge is 0.226 e. The predicted molar refractivity (Wildman–Crippen MR) is 113 cm³/mol. The van der Waals surface area contributed by atoms with E-state index in [1.54, 1.807) is 0 Å². The number of rotatable bonds is 8. The van der Waals surface area contributed by atoms with Crippen molar-refractivity contribution in [3.05, 3.63) is 71.3 Å². The molecule has 2 aromatic rings. The summed E-state index contributed by atoms with van der Waals surface area (Å²) in [6.07, 6.45) is 2.85. The molecule has 1 aliphatic heterocycles. The van der Waals surface area contributed by atoms with E-state index in [1.807, 2.05) is 35.2 Å². The summed E-state index contributed by atoms with van der Waals surface area (Å²) in [6, 6.07) is 18.9. The van der Waals surface area contributed by atoms with Crippen LogP contribution in [0.5, 0.6) is 0 Å². The molecule has 0 aromatic heterocycles. The first kappa shape index (κ1) is 20.6. The highest BCUT2D eigenvalue weighted by Crippen LogP contribution is 2.22. The number of aryl methyl sites for hydroxylation is 1. The summed E-state index contributed by atoms with van der Waals surface area (Å²) in [5.41, 5.74) is 3.82. The summed E-state index contributed by atoms with van der Waals surface area (Å²) in [7, 11) is 0. The highest BCUT2D eigenvalue weighted by Gasteiger charge is 2.28. The molecule has 1 aliphatic rings. The van der Waals surface area contributed by atoms with Gasteiger partial charge >= 0.3 is 0 Å². The van der Waals surface area contributed by atoms with Crippen molar-refractivity contribution in [3.8, 4) is 0 Å². The number of hydrogen-bond acceptors (Lipinski definition) is 3. The SMILES string of the molecule is CCc1ccc(CN2CCC(C(=O)N(CCO)Cc3ccccc3)CC2)cc1. The van der Waals surface area contributed by atoms with Gasteiger partial charge in [0, 0.05) is 25.6 Å². The third kappa shape index (κ3) is 5.66. The quantitative estimate of drug-likeness (QED) is 0.762. The van der Waals surface area contributed by atoms with Gasteiger partial charge in [-0.05, 0) is 49.0 Å². The minimum Gasteiger partial charge on any atom is -0.395 e. The third-order valence-electron chi connectivity index (χ3n) is 5.67. The van der Waals surface area contributed by atoms with Crippen molar-refractivity contribution in [1.29, 1.82) is 0 Å². The van der Waals surface area contributed by atoms with Gasteiger partial charge in [-0.3, -0.25) is 9.69 Å². The number of aliphatic hydroxyl groups excluding tert-OH is 1. The van der Waals surface area contributed by atoms with Gasteiger partial charge in [-0.2, -0.15) is 0 Å². The zero-order valence-electron chi connectivity index (χ0n) is 16.9. The fraction of sp³-hybridized carbons (Fsp3) is 0.458. The number of aliphatic hydroxyl groups is 1. The van der Waals surface area contributed by atoms with Crippen LogP contribution in [0.25, 0.3) is 0 Å². The lowest BCUT2D eigenvalue weighted by Gasteiger charge is -2.34. The third-order valence-corrected chi connectivity index (χ3v) is 5.67. The standard InChI is InChI=1S/C24H32N2O2/c1-2-20-8-10-22(11-9-20)18-25-14-12-23(13-15-25)24(28)26(16-17-27)19-21-6-4-3-5-7-21/h3-11,23,27H,2,12-19H2,1H3. The van der Waals surface area contributed by atoms with Crippen LogP contribution in [-0.4, -0.2) is 47.1 Å². The molecule has 1 saturated heterocycles. The molecular weight excluding hydrogens is 348 g/mol. The van der Waals surface area contributed by atoms with E-state index in [2.05, 4.69) is 36.1 Å². The highest BCUT2D eigenvalue weighted by atomic mass is 16.3. The number of benzene rings is 2. The Kier molecular flexibility index (Phi) is 7.63. The summed E-state index contributed by atoms with van der Waals surface area (Å²) < 4.78 is 0. The molecule has 28 heavy (non-hydrogen) atoms. The fourth-order valence-electron chi connectivity index (χ4n) is 3.93.